The van der Waals surface area contributed by atoms with Crippen molar-refractivity contribution >= 4 is 11.6 Å². The molecule has 2 N–H and O–H groups in total. The first-order chi connectivity index (χ1) is 6.88. The highest BCUT2D eigenvalue weighted by Gasteiger charge is 2.14. The molecule has 0 saturated heterocycles. The Balaban J connectivity index is 2.54. The molecule has 0 radical (unpaired) electrons. The molecule has 1 aromatic rings. The number of rotatable bonds is 4. The van der Waals surface area contributed by atoms with Crippen molar-refractivity contribution in [3.05, 3.63) is 34.9 Å². The van der Waals surface area contributed by atoms with E-state index >= 15 is 0 Å². The topological polar surface area (TPSA) is 32.3 Å². The molecule has 0 amide bonds. The van der Waals surface area contributed by atoms with Gasteiger partial charge in [0.25, 0.3) is 0 Å². The third-order valence-corrected chi connectivity index (χ3v) is 2.46. The zero-order valence-corrected chi connectivity index (χ0v) is 10.2. The summed E-state index contributed by atoms with van der Waals surface area (Å²) in [5, 5.41) is 13.6. The van der Waals surface area contributed by atoms with Crippen molar-refractivity contribution in [1.29, 1.82) is 0 Å². The molecule has 1 rings (SSSR count). The fourth-order valence-corrected chi connectivity index (χ4v) is 1.40. The highest BCUT2D eigenvalue weighted by molar-refractivity contribution is 6.30. The fourth-order valence-electron chi connectivity index (χ4n) is 1.27. The highest BCUT2D eigenvalue weighted by atomic mass is 35.5. The van der Waals surface area contributed by atoms with Crippen LogP contribution in [0.2, 0.25) is 5.02 Å². The smallest absolute Gasteiger partial charge is 0.0715 e. The van der Waals surface area contributed by atoms with E-state index in [1.807, 2.05) is 24.3 Å². The zero-order valence-electron chi connectivity index (χ0n) is 9.42. The molecule has 0 aliphatic rings. The van der Waals surface area contributed by atoms with Crippen LogP contribution < -0.4 is 5.32 Å². The minimum atomic E-state index is -0.680. The van der Waals surface area contributed by atoms with Crippen molar-refractivity contribution in [2.45, 2.75) is 32.4 Å². The number of hydrogen-bond acceptors (Lipinski definition) is 2. The molecule has 0 fully saturated rings. The maximum Gasteiger partial charge on any atom is 0.0715 e. The minimum absolute atomic E-state index is 0.216. The Morgan fingerprint density at radius 3 is 2.33 bits per heavy atom. The largest absolute Gasteiger partial charge is 0.389 e. The molecule has 1 aromatic carbocycles. The molecule has 15 heavy (non-hydrogen) atoms. The fraction of sp³-hybridized carbons (Fsp3) is 0.500. The molecule has 1 atom stereocenters. The molecule has 0 aliphatic carbocycles. The number of benzene rings is 1. The van der Waals surface area contributed by atoms with E-state index < -0.39 is 5.60 Å². The maximum absolute atomic E-state index is 9.57. The van der Waals surface area contributed by atoms with Crippen LogP contribution >= 0.6 is 11.6 Å². The standard InChI is InChI=1S/C12H18ClNO/c1-9(14-8-12(2,3)15)10-4-6-11(13)7-5-10/h4-7,9,14-15H,8H2,1-3H3. The van der Waals surface area contributed by atoms with Crippen molar-refractivity contribution in [3.8, 4) is 0 Å². The van der Waals surface area contributed by atoms with E-state index in [1.165, 1.54) is 5.56 Å². The van der Waals surface area contributed by atoms with Gasteiger partial charge in [-0.05, 0) is 38.5 Å². The third kappa shape index (κ3) is 4.65. The molecule has 0 heterocycles. The third-order valence-electron chi connectivity index (χ3n) is 2.21. The lowest BCUT2D eigenvalue weighted by Crippen LogP contribution is -2.36. The Kier molecular flexibility index (Phi) is 4.14. The van der Waals surface area contributed by atoms with Crippen LogP contribution in [-0.2, 0) is 0 Å². The van der Waals surface area contributed by atoms with Crippen LogP contribution in [0, 0.1) is 0 Å². The summed E-state index contributed by atoms with van der Waals surface area (Å²) in [7, 11) is 0. The van der Waals surface area contributed by atoms with Crippen LogP contribution in [0.1, 0.15) is 32.4 Å². The van der Waals surface area contributed by atoms with E-state index in [1.54, 1.807) is 13.8 Å². The molecule has 3 heteroatoms. The molecular weight excluding hydrogens is 210 g/mol. The van der Waals surface area contributed by atoms with Gasteiger partial charge in [-0.1, -0.05) is 23.7 Å². The first-order valence-electron chi connectivity index (χ1n) is 5.10. The normalized spacial score (nSPS) is 13.9. The first-order valence-corrected chi connectivity index (χ1v) is 5.47. The lowest BCUT2D eigenvalue weighted by molar-refractivity contribution is 0.0770. The average molecular weight is 228 g/mol. The number of halogens is 1. The Labute approximate surface area is 96.3 Å². The summed E-state index contributed by atoms with van der Waals surface area (Å²) in [5.74, 6) is 0. The van der Waals surface area contributed by atoms with Gasteiger partial charge in [-0.3, -0.25) is 0 Å². The van der Waals surface area contributed by atoms with Gasteiger partial charge in [-0.15, -0.1) is 0 Å². The number of aliphatic hydroxyl groups is 1. The monoisotopic (exact) mass is 227 g/mol. The summed E-state index contributed by atoms with van der Waals surface area (Å²) in [6.45, 7) is 6.20. The molecule has 0 aliphatic heterocycles. The molecule has 0 aromatic heterocycles. The Hall–Kier alpha value is -0.570. The van der Waals surface area contributed by atoms with Crippen LogP contribution in [0.5, 0.6) is 0 Å². The lowest BCUT2D eigenvalue weighted by atomic mass is 10.1. The SMILES string of the molecule is CC(NCC(C)(C)O)c1ccc(Cl)cc1. The van der Waals surface area contributed by atoms with E-state index in [2.05, 4.69) is 12.2 Å². The van der Waals surface area contributed by atoms with E-state index in [0.717, 1.165) is 5.02 Å². The molecule has 0 saturated carbocycles. The second-order valence-corrected chi connectivity index (χ2v) is 4.90. The summed E-state index contributed by atoms with van der Waals surface area (Å²) in [5.41, 5.74) is 0.490. The highest BCUT2D eigenvalue weighted by Crippen LogP contribution is 2.16. The van der Waals surface area contributed by atoms with Gasteiger partial charge in [-0.25, -0.2) is 0 Å². The van der Waals surface area contributed by atoms with Gasteiger partial charge >= 0.3 is 0 Å². The van der Waals surface area contributed by atoms with E-state index in [-0.39, 0.29) is 6.04 Å². The van der Waals surface area contributed by atoms with Crippen LogP contribution in [0.3, 0.4) is 0 Å². The van der Waals surface area contributed by atoms with Gasteiger partial charge in [0, 0.05) is 17.6 Å². The average Bonchev–Trinajstić information content (AvgIpc) is 2.14. The zero-order chi connectivity index (χ0) is 11.5. The lowest BCUT2D eigenvalue weighted by Gasteiger charge is -2.22. The van der Waals surface area contributed by atoms with Gasteiger partial charge in [0.1, 0.15) is 0 Å². The minimum Gasteiger partial charge on any atom is -0.389 e. The van der Waals surface area contributed by atoms with Crippen LogP contribution in [0.15, 0.2) is 24.3 Å². The van der Waals surface area contributed by atoms with Crippen molar-refractivity contribution < 1.29 is 5.11 Å². The van der Waals surface area contributed by atoms with Gasteiger partial charge < -0.3 is 10.4 Å². The predicted molar refractivity (Wildman–Crippen MR) is 64.2 cm³/mol. The predicted octanol–water partition coefficient (Wildman–Crippen LogP) is 2.76. The van der Waals surface area contributed by atoms with Crippen molar-refractivity contribution in [1.82, 2.24) is 5.32 Å². The molecular formula is C12H18ClNO. The van der Waals surface area contributed by atoms with E-state index in [9.17, 15) is 5.11 Å². The Bertz CT molecular complexity index is 302. The maximum atomic E-state index is 9.57. The second kappa shape index (κ2) is 4.97. The Morgan fingerprint density at radius 1 is 1.33 bits per heavy atom. The first kappa shape index (κ1) is 12.5. The number of hydrogen-bond donors (Lipinski definition) is 2. The van der Waals surface area contributed by atoms with Gasteiger partial charge in [0.05, 0.1) is 5.60 Å². The molecule has 2 nitrogen and oxygen atoms in total. The van der Waals surface area contributed by atoms with Crippen LogP contribution in [0.4, 0.5) is 0 Å². The quantitative estimate of drug-likeness (QED) is 0.829. The van der Waals surface area contributed by atoms with Crippen molar-refractivity contribution in [2.75, 3.05) is 6.54 Å². The van der Waals surface area contributed by atoms with E-state index in [4.69, 9.17) is 11.6 Å². The van der Waals surface area contributed by atoms with Gasteiger partial charge in [0.2, 0.25) is 0 Å². The second-order valence-electron chi connectivity index (χ2n) is 4.47. The van der Waals surface area contributed by atoms with E-state index in [0.29, 0.717) is 6.54 Å². The molecule has 0 spiro atoms. The van der Waals surface area contributed by atoms with Crippen molar-refractivity contribution in [3.63, 3.8) is 0 Å². The summed E-state index contributed by atoms with van der Waals surface area (Å²) in [6, 6.07) is 7.95. The number of nitrogens with one attached hydrogen (secondary N) is 1. The van der Waals surface area contributed by atoms with Crippen molar-refractivity contribution in [2.24, 2.45) is 0 Å². The van der Waals surface area contributed by atoms with Crippen LogP contribution in [-0.4, -0.2) is 17.3 Å². The summed E-state index contributed by atoms with van der Waals surface area (Å²) < 4.78 is 0. The molecule has 1 unspecified atom stereocenters. The summed E-state index contributed by atoms with van der Waals surface area (Å²) in [6.07, 6.45) is 0. The molecule has 0 bridgehead atoms. The summed E-state index contributed by atoms with van der Waals surface area (Å²) in [4.78, 5) is 0. The summed E-state index contributed by atoms with van der Waals surface area (Å²) >= 11 is 5.81. The van der Waals surface area contributed by atoms with Crippen LogP contribution in [0.25, 0.3) is 0 Å². The Morgan fingerprint density at radius 2 is 1.87 bits per heavy atom. The molecule has 84 valence electrons. The van der Waals surface area contributed by atoms with Gasteiger partial charge in [-0.2, -0.15) is 0 Å². The van der Waals surface area contributed by atoms with Gasteiger partial charge in [0.15, 0.2) is 0 Å².